The number of halogens is 2. The van der Waals surface area contributed by atoms with E-state index in [2.05, 4.69) is 4.98 Å². The van der Waals surface area contributed by atoms with Crippen molar-refractivity contribution in [2.24, 2.45) is 0 Å². The van der Waals surface area contributed by atoms with Crippen LogP contribution in [0.15, 0.2) is 12.1 Å². The summed E-state index contributed by atoms with van der Waals surface area (Å²) in [5.74, 6) is 0.332. The van der Waals surface area contributed by atoms with E-state index in [1.54, 1.807) is 31.4 Å². The minimum atomic E-state index is -3.26. The van der Waals surface area contributed by atoms with Crippen LogP contribution in [-0.4, -0.2) is 29.0 Å². The molecule has 1 aromatic carbocycles. The van der Waals surface area contributed by atoms with Crippen molar-refractivity contribution in [3.8, 4) is 0 Å². The standard InChI is InChI=1S/C14H18ClFN2O2S/c1-9-5-12-11(6-10(9)16)17-13(7-15)18(12)8-14(2,3)21(4,19)20/h5-6H,7-8H2,1-4H3. The SMILES string of the molecule is Cc1cc2c(cc1F)nc(CCl)n2CC(C)(C)S(C)(=O)=O. The molecule has 0 spiro atoms. The molecule has 0 saturated carbocycles. The molecule has 0 saturated heterocycles. The molecule has 0 aliphatic carbocycles. The molecule has 4 nitrogen and oxygen atoms in total. The maximum atomic E-state index is 13.6. The maximum Gasteiger partial charge on any atom is 0.154 e. The Labute approximate surface area is 128 Å². The van der Waals surface area contributed by atoms with Crippen molar-refractivity contribution in [1.29, 1.82) is 0 Å². The van der Waals surface area contributed by atoms with Crippen LogP contribution in [0.4, 0.5) is 4.39 Å². The highest BCUT2D eigenvalue weighted by Crippen LogP contribution is 2.26. The van der Waals surface area contributed by atoms with Crippen LogP contribution in [0, 0.1) is 12.7 Å². The number of hydrogen-bond acceptors (Lipinski definition) is 3. The molecule has 1 heterocycles. The molecule has 0 unspecified atom stereocenters. The number of benzene rings is 1. The first-order valence-electron chi connectivity index (χ1n) is 6.47. The van der Waals surface area contributed by atoms with Gasteiger partial charge in [0.05, 0.1) is 21.7 Å². The van der Waals surface area contributed by atoms with E-state index >= 15 is 0 Å². The summed E-state index contributed by atoms with van der Waals surface area (Å²) in [7, 11) is -3.26. The number of imidazole rings is 1. The summed E-state index contributed by atoms with van der Waals surface area (Å²) < 4.78 is 38.3. The van der Waals surface area contributed by atoms with Crippen LogP contribution in [0.3, 0.4) is 0 Å². The van der Waals surface area contributed by atoms with Gasteiger partial charge in [-0.1, -0.05) is 0 Å². The van der Waals surface area contributed by atoms with E-state index in [4.69, 9.17) is 11.6 Å². The van der Waals surface area contributed by atoms with Crippen LogP contribution in [0.1, 0.15) is 25.2 Å². The molecule has 0 aliphatic rings. The fourth-order valence-electron chi connectivity index (χ4n) is 2.08. The van der Waals surface area contributed by atoms with Gasteiger partial charge < -0.3 is 4.57 Å². The molecule has 0 atom stereocenters. The van der Waals surface area contributed by atoms with E-state index in [0.717, 1.165) is 0 Å². The molecule has 0 radical (unpaired) electrons. The second-order valence-electron chi connectivity index (χ2n) is 5.87. The topological polar surface area (TPSA) is 52.0 Å². The van der Waals surface area contributed by atoms with E-state index in [-0.39, 0.29) is 18.2 Å². The third-order valence-corrected chi connectivity index (χ3v) is 6.15. The van der Waals surface area contributed by atoms with Gasteiger partial charge in [-0.2, -0.15) is 0 Å². The summed E-state index contributed by atoms with van der Waals surface area (Å²) in [5.41, 5.74) is 1.67. The minimum absolute atomic E-state index is 0.134. The van der Waals surface area contributed by atoms with Gasteiger partial charge in [0.2, 0.25) is 0 Å². The highest BCUT2D eigenvalue weighted by molar-refractivity contribution is 7.92. The van der Waals surface area contributed by atoms with Gasteiger partial charge in [0.15, 0.2) is 9.84 Å². The number of alkyl halides is 1. The molecule has 7 heteroatoms. The average molecular weight is 333 g/mol. The van der Waals surface area contributed by atoms with Crippen LogP contribution >= 0.6 is 11.6 Å². The summed E-state index contributed by atoms with van der Waals surface area (Å²) in [6.45, 7) is 5.19. The largest absolute Gasteiger partial charge is 0.325 e. The molecule has 21 heavy (non-hydrogen) atoms. The number of aromatic nitrogens is 2. The van der Waals surface area contributed by atoms with Gasteiger partial charge in [-0.25, -0.2) is 17.8 Å². The lowest BCUT2D eigenvalue weighted by Gasteiger charge is -2.24. The second kappa shape index (κ2) is 5.25. The van der Waals surface area contributed by atoms with Crippen molar-refractivity contribution >= 4 is 32.5 Å². The number of fused-ring (bicyclic) bond motifs is 1. The molecule has 0 N–H and O–H groups in total. The number of nitrogens with zero attached hydrogens (tertiary/aromatic N) is 2. The van der Waals surface area contributed by atoms with Crippen molar-refractivity contribution in [2.75, 3.05) is 6.26 Å². The van der Waals surface area contributed by atoms with Gasteiger partial charge >= 0.3 is 0 Å². The average Bonchev–Trinajstić information content (AvgIpc) is 2.66. The number of rotatable bonds is 4. The molecule has 0 amide bonds. The maximum absolute atomic E-state index is 13.6. The normalized spacial score (nSPS) is 13.0. The second-order valence-corrected chi connectivity index (χ2v) is 8.79. The van der Waals surface area contributed by atoms with Gasteiger partial charge in [0, 0.05) is 18.9 Å². The van der Waals surface area contributed by atoms with E-state index in [1.807, 2.05) is 0 Å². The first-order chi connectivity index (χ1) is 9.56. The zero-order valence-electron chi connectivity index (χ0n) is 12.4. The molecular formula is C14H18ClFN2O2S. The van der Waals surface area contributed by atoms with E-state index in [9.17, 15) is 12.8 Å². The van der Waals surface area contributed by atoms with Gasteiger partial charge in [-0.15, -0.1) is 11.6 Å². The monoisotopic (exact) mass is 332 g/mol. The Bertz CT molecular complexity index is 797. The first-order valence-corrected chi connectivity index (χ1v) is 8.90. The van der Waals surface area contributed by atoms with E-state index in [0.29, 0.717) is 22.4 Å². The number of sulfone groups is 1. The van der Waals surface area contributed by atoms with Gasteiger partial charge in [-0.05, 0) is 32.4 Å². The Kier molecular flexibility index (Phi) is 4.06. The predicted octanol–water partition coefficient (Wildman–Crippen LogP) is 3.05. The van der Waals surface area contributed by atoms with Crippen molar-refractivity contribution < 1.29 is 12.8 Å². The highest BCUT2D eigenvalue weighted by Gasteiger charge is 2.32. The Balaban J connectivity index is 2.65. The molecule has 116 valence electrons. The Hall–Kier alpha value is -1.14. The third-order valence-electron chi connectivity index (χ3n) is 3.77. The lowest BCUT2D eigenvalue weighted by atomic mass is 10.2. The van der Waals surface area contributed by atoms with E-state index < -0.39 is 14.6 Å². The quantitative estimate of drug-likeness (QED) is 0.809. The molecule has 0 aliphatic heterocycles. The molecule has 2 rings (SSSR count). The smallest absolute Gasteiger partial charge is 0.154 e. The molecule has 0 bridgehead atoms. The van der Waals surface area contributed by atoms with Crippen molar-refractivity contribution in [3.63, 3.8) is 0 Å². The summed E-state index contributed by atoms with van der Waals surface area (Å²) in [4.78, 5) is 4.30. The van der Waals surface area contributed by atoms with Gasteiger partial charge in [-0.3, -0.25) is 0 Å². The van der Waals surface area contributed by atoms with Crippen molar-refractivity contribution in [3.05, 3.63) is 29.3 Å². The minimum Gasteiger partial charge on any atom is -0.325 e. The number of aryl methyl sites for hydroxylation is 1. The summed E-state index contributed by atoms with van der Waals surface area (Å²) in [6, 6.07) is 3.02. The molecule has 2 aromatic rings. The van der Waals surface area contributed by atoms with Crippen molar-refractivity contribution in [1.82, 2.24) is 9.55 Å². The van der Waals surface area contributed by atoms with Gasteiger partial charge in [0.25, 0.3) is 0 Å². The lowest BCUT2D eigenvalue weighted by Crippen LogP contribution is -2.36. The first kappa shape index (κ1) is 16.2. The predicted molar refractivity (Wildman–Crippen MR) is 82.9 cm³/mol. The van der Waals surface area contributed by atoms with Gasteiger partial charge in [0.1, 0.15) is 11.6 Å². The summed E-state index contributed by atoms with van der Waals surface area (Å²) in [5, 5.41) is 0. The zero-order valence-corrected chi connectivity index (χ0v) is 14.0. The molecule has 1 aromatic heterocycles. The fourth-order valence-corrected chi connectivity index (χ4v) is 2.64. The summed E-state index contributed by atoms with van der Waals surface area (Å²) >= 11 is 5.90. The Morgan fingerprint density at radius 3 is 2.52 bits per heavy atom. The molecule has 0 fully saturated rings. The van der Waals surface area contributed by atoms with Crippen LogP contribution in [-0.2, 0) is 22.3 Å². The van der Waals surface area contributed by atoms with Crippen LogP contribution in [0.5, 0.6) is 0 Å². The van der Waals surface area contributed by atoms with E-state index in [1.165, 1.54) is 12.3 Å². The third kappa shape index (κ3) is 2.92. The number of hydrogen-bond donors (Lipinski definition) is 0. The van der Waals surface area contributed by atoms with Crippen LogP contribution in [0.25, 0.3) is 11.0 Å². The van der Waals surface area contributed by atoms with Crippen molar-refractivity contribution in [2.45, 2.75) is 37.9 Å². The summed E-state index contributed by atoms with van der Waals surface area (Å²) in [6.07, 6.45) is 1.21. The lowest BCUT2D eigenvalue weighted by molar-refractivity contribution is 0.503. The Morgan fingerprint density at radius 1 is 1.38 bits per heavy atom. The van der Waals surface area contributed by atoms with Crippen LogP contribution in [0.2, 0.25) is 0 Å². The molecular weight excluding hydrogens is 315 g/mol. The van der Waals surface area contributed by atoms with Crippen LogP contribution < -0.4 is 0 Å². The zero-order chi connectivity index (χ0) is 16.0. The fraction of sp³-hybridized carbons (Fsp3) is 0.500. The Morgan fingerprint density at radius 2 is 2.00 bits per heavy atom. The highest BCUT2D eigenvalue weighted by atomic mass is 35.5.